The van der Waals surface area contributed by atoms with E-state index in [4.69, 9.17) is 9.47 Å². The van der Waals surface area contributed by atoms with E-state index in [2.05, 4.69) is 4.98 Å². The van der Waals surface area contributed by atoms with E-state index in [1.807, 2.05) is 32.0 Å². The number of esters is 1. The minimum Gasteiger partial charge on any atom is -0.462 e. The molecule has 0 saturated heterocycles. The molecule has 3 rings (SSSR count). The average molecular weight is 389 g/mol. The first-order valence-electron chi connectivity index (χ1n) is 9.00. The number of carbonyl (C=O) groups is 1. The van der Waals surface area contributed by atoms with Crippen molar-refractivity contribution in [1.29, 1.82) is 5.26 Å². The maximum absolute atomic E-state index is 13.1. The van der Waals surface area contributed by atoms with Crippen LogP contribution in [0.3, 0.4) is 0 Å². The van der Waals surface area contributed by atoms with Crippen molar-refractivity contribution in [1.82, 2.24) is 9.38 Å². The number of fused-ring (bicyclic) bond motifs is 1. The molecular weight excluding hydrogens is 370 g/mol. The molecule has 0 saturated carbocycles. The Bertz CT molecular complexity index is 1200. The molecule has 0 aliphatic rings. The van der Waals surface area contributed by atoms with Gasteiger partial charge in [-0.05, 0) is 50.6 Å². The summed E-state index contributed by atoms with van der Waals surface area (Å²) in [4.78, 5) is 29.6. The van der Waals surface area contributed by atoms with Gasteiger partial charge in [0.25, 0.3) is 5.56 Å². The number of aromatic nitrogens is 2. The van der Waals surface area contributed by atoms with E-state index in [1.165, 1.54) is 4.40 Å². The van der Waals surface area contributed by atoms with Crippen LogP contribution < -0.4 is 10.3 Å². The van der Waals surface area contributed by atoms with Crippen molar-refractivity contribution in [3.8, 4) is 17.7 Å². The van der Waals surface area contributed by atoms with Crippen LogP contribution in [0, 0.1) is 25.2 Å². The molecule has 0 bridgehead atoms. The van der Waals surface area contributed by atoms with E-state index in [9.17, 15) is 14.9 Å². The van der Waals surface area contributed by atoms with Crippen LogP contribution in [0.15, 0.2) is 53.0 Å². The molecule has 0 unspecified atom stereocenters. The van der Waals surface area contributed by atoms with E-state index in [0.717, 1.165) is 17.2 Å². The molecule has 0 aliphatic carbocycles. The highest BCUT2D eigenvalue weighted by Gasteiger charge is 2.18. The average Bonchev–Trinajstić information content (AvgIpc) is 2.70. The summed E-state index contributed by atoms with van der Waals surface area (Å²) >= 11 is 0. The van der Waals surface area contributed by atoms with Crippen molar-refractivity contribution in [2.45, 2.75) is 20.8 Å². The van der Waals surface area contributed by atoms with Gasteiger partial charge < -0.3 is 9.47 Å². The third-order valence-electron chi connectivity index (χ3n) is 4.19. The maximum atomic E-state index is 13.1. The zero-order chi connectivity index (χ0) is 21.0. The summed E-state index contributed by atoms with van der Waals surface area (Å²) in [6, 6.07) is 12.5. The van der Waals surface area contributed by atoms with Crippen LogP contribution in [0.1, 0.15) is 23.6 Å². The fraction of sp³-hybridized carbons (Fsp3) is 0.182. The predicted molar refractivity (Wildman–Crippen MR) is 108 cm³/mol. The Balaban J connectivity index is 2.24. The number of nitrogens with zero attached hydrogens (tertiary/aromatic N) is 3. The Kier molecular flexibility index (Phi) is 5.74. The van der Waals surface area contributed by atoms with Gasteiger partial charge >= 0.3 is 5.97 Å². The van der Waals surface area contributed by atoms with E-state index in [1.54, 1.807) is 37.4 Å². The smallest absolute Gasteiger partial charge is 0.348 e. The molecule has 3 aromatic rings. The largest absolute Gasteiger partial charge is 0.462 e. The highest BCUT2D eigenvalue weighted by atomic mass is 16.5. The zero-order valence-electron chi connectivity index (χ0n) is 16.3. The summed E-state index contributed by atoms with van der Waals surface area (Å²) in [5, 5.41) is 9.35. The Labute approximate surface area is 167 Å². The molecule has 7 heteroatoms. The number of pyridine rings is 1. The topological polar surface area (TPSA) is 93.7 Å². The summed E-state index contributed by atoms with van der Waals surface area (Å²) in [5.74, 6) is -0.333. The molecule has 29 heavy (non-hydrogen) atoms. The molecule has 0 aliphatic heterocycles. The molecule has 0 radical (unpaired) electrons. The minimum atomic E-state index is -0.815. The lowest BCUT2D eigenvalue weighted by atomic mass is 10.2. The minimum absolute atomic E-state index is 0.00482. The number of hydrogen-bond donors (Lipinski definition) is 0. The lowest BCUT2D eigenvalue weighted by molar-refractivity contribution is -0.137. The first-order chi connectivity index (χ1) is 13.9. The predicted octanol–water partition coefficient (Wildman–Crippen LogP) is 3.57. The van der Waals surface area contributed by atoms with E-state index in [-0.39, 0.29) is 23.6 Å². The molecule has 2 aromatic heterocycles. The first-order valence-corrected chi connectivity index (χ1v) is 9.00. The molecule has 0 amide bonds. The quantitative estimate of drug-likeness (QED) is 0.376. The molecule has 2 heterocycles. The monoisotopic (exact) mass is 389 g/mol. The molecule has 0 spiro atoms. The summed E-state index contributed by atoms with van der Waals surface area (Å²) < 4.78 is 12.1. The third kappa shape index (κ3) is 4.17. The van der Waals surface area contributed by atoms with Gasteiger partial charge in [0.05, 0.1) is 6.61 Å². The summed E-state index contributed by atoms with van der Waals surface area (Å²) in [6.07, 6.45) is 2.73. The van der Waals surface area contributed by atoms with Crippen LogP contribution in [0.5, 0.6) is 11.6 Å². The van der Waals surface area contributed by atoms with Gasteiger partial charge in [0.2, 0.25) is 5.88 Å². The Hall–Kier alpha value is -3.92. The highest BCUT2D eigenvalue weighted by molar-refractivity contribution is 5.98. The second-order valence-corrected chi connectivity index (χ2v) is 6.33. The van der Waals surface area contributed by atoms with Gasteiger partial charge in [-0.25, -0.2) is 4.79 Å². The number of nitriles is 1. The van der Waals surface area contributed by atoms with Crippen molar-refractivity contribution in [3.63, 3.8) is 0 Å². The van der Waals surface area contributed by atoms with Gasteiger partial charge in [-0.1, -0.05) is 23.8 Å². The van der Waals surface area contributed by atoms with Gasteiger partial charge in [0.15, 0.2) is 0 Å². The number of hydrogen-bond acceptors (Lipinski definition) is 6. The van der Waals surface area contributed by atoms with E-state index >= 15 is 0 Å². The van der Waals surface area contributed by atoms with Gasteiger partial charge in [-0.2, -0.15) is 10.2 Å². The molecule has 1 aromatic carbocycles. The normalized spacial score (nSPS) is 11.2. The van der Waals surface area contributed by atoms with Crippen molar-refractivity contribution in [2.75, 3.05) is 6.61 Å². The number of carbonyl (C=O) groups excluding carboxylic acids is 1. The standard InChI is InChI=1S/C22H19N3O4/c1-4-28-22(27)16(13-23)12-18-20(29-17-9-7-14(2)8-10-17)24-19-15(3)6-5-11-25(19)21(18)26/h5-12H,4H2,1-3H3. The Morgan fingerprint density at radius 1 is 1.24 bits per heavy atom. The van der Waals surface area contributed by atoms with Gasteiger partial charge in [0, 0.05) is 6.20 Å². The van der Waals surface area contributed by atoms with Crippen LogP contribution in [0.4, 0.5) is 0 Å². The van der Waals surface area contributed by atoms with Crippen LogP contribution in [0.2, 0.25) is 0 Å². The van der Waals surface area contributed by atoms with Crippen molar-refractivity contribution >= 4 is 17.7 Å². The number of aryl methyl sites for hydroxylation is 2. The number of rotatable bonds is 5. The Morgan fingerprint density at radius 2 is 1.97 bits per heavy atom. The molecule has 7 nitrogen and oxygen atoms in total. The fourth-order valence-electron chi connectivity index (χ4n) is 2.70. The van der Waals surface area contributed by atoms with Crippen LogP contribution >= 0.6 is 0 Å². The van der Waals surface area contributed by atoms with E-state index < -0.39 is 11.5 Å². The second-order valence-electron chi connectivity index (χ2n) is 6.33. The van der Waals surface area contributed by atoms with Crippen LogP contribution in [-0.2, 0) is 9.53 Å². The first kappa shape index (κ1) is 19.8. The van der Waals surface area contributed by atoms with Crippen LogP contribution in [-0.4, -0.2) is 22.0 Å². The molecule has 146 valence electrons. The van der Waals surface area contributed by atoms with Crippen molar-refractivity contribution in [3.05, 3.63) is 75.2 Å². The zero-order valence-corrected chi connectivity index (χ0v) is 16.3. The summed E-state index contributed by atoms with van der Waals surface area (Å²) in [5.41, 5.74) is 1.46. The Morgan fingerprint density at radius 3 is 2.62 bits per heavy atom. The van der Waals surface area contributed by atoms with Crippen molar-refractivity contribution < 1.29 is 14.3 Å². The second kappa shape index (κ2) is 8.40. The van der Waals surface area contributed by atoms with Gasteiger partial charge in [-0.3, -0.25) is 9.20 Å². The highest BCUT2D eigenvalue weighted by Crippen LogP contribution is 2.25. The SMILES string of the molecule is CCOC(=O)C(C#N)=Cc1c(Oc2ccc(C)cc2)nc2c(C)cccn2c1=O. The lowest BCUT2D eigenvalue weighted by Gasteiger charge is -2.11. The van der Waals surface area contributed by atoms with E-state index in [0.29, 0.717) is 11.4 Å². The molecule has 0 fully saturated rings. The van der Waals surface area contributed by atoms with Crippen LogP contribution in [0.25, 0.3) is 11.7 Å². The molecule has 0 atom stereocenters. The molecule has 0 N–H and O–H groups in total. The van der Waals surface area contributed by atoms with Crippen molar-refractivity contribution in [2.24, 2.45) is 0 Å². The number of ether oxygens (including phenoxy) is 2. The summed E-state index contributed by atoms with van der Waals surface area (Å²) in [7, 11) is 0. The lowest BCUT2D eigenvalue weighted by Crippen LogP contribution is -2.20. The molecular formula is C22H19N3O4. The fourth-order valence-corrected chi connectivity index (χ4v) is 2.70. The number of benzene rings is 1. The maximum Gasteiger partial charge on any atom is 0.348 e. The van der Waals surface area contributed by atoms with Gasteiger partial charge in [-0.15, -0.1) is 0 Å². The summed E-state index contributed by atoms with van der Waals surface area (Å²) in [6.45, 7) is 5.51. The third-order valence-corrected chi connectivity index (χ3v) is 4.19. The van der Waals surface area contributed by atoms with Gasteiger partial charge in [0.1, 0.15) is 28.6 Å².